The number of allylic oxidation sites excluding steroid dienone is 1. The van der Waals surface area contributed by atoms with Crippen molar-refractivity contribution in [1.82, 2.24) is 0 Å². The number of nitrogens with zero attached hydrogens (tertiary/aromatic N) is 1. The Morgan fingerprint density at radius 1 is 0.698 bits per heavy atom. The molecule has 1 saturated carbocycles. The number of quaternary nitrogens is 1. The molecule has 63 heavy (non-hydrogen) atoms. The lowest BCUT2D eigenvalue weighted by Gasteiger charge is -2.28. The fourth-order valence-electron chi connectivity index (χ4n) is 8.04. The fraction of sp³-hybridized carbons (Fsp3) is 0.880. The Morgan fingerprint density at radius 2 is 1.21 bits per heavy atom. The monoisotopic (exact) mass is 916 g/mol. The van der Waals surface area contributed by atoms with Crippen LogP contribution in [0.3, 0.4) is 0 Å². The third kappa shape index (κ3) is 34.4. The number of phosphoric acid groups is 1. The molecule has 1 unspecified atom stereocenters. The van der Waals surface area contributed by atoms with Gasteiger partial charge in [-0.05, 0) is 25.2 Å². The van der Waals surface area contributed by atoms with Crippen LogP contribution in [0.4, 0.5) is 0 Å². The molecule has 0 heterocycles. The van der Waals surface area contributed by atoms with Crippen molar-refractivity contribution in [2.75, 3.05) is 47.5 Å². The molecular formula is C50H94NO11P. The molecule has 0 aromatic heterocycles. The first-order chi connectivity index (χ1) is 30.2. The molecule has 0 aromatic carbocycles. The number of unbranched alkanes of at least 4 members (excludes halogenated alkanes) is 22. The van der Waals surface area contributed by atoms with Gasteiger partial charge in [-0.15, -0.1) is 0 Å². The Labute approximate surface area is 384 Å². The zero-order valence-corrected chi connectivity index (χ0v) is 41.5. The van der Waals surface area contributed by atoms with Crippen molar-refractivity contribution in [3.63, 3.8) is 0 Å². The van der Waals surface area contributed by atoms with E-state index in [1.807, 2.05) is 21.1 Å². The van der Waals surface area contributed by atoms with Crippen molar-refractivity contribution in [3.8, 4) is 0 Å². The summed E-state index contributed by atoms with van der Waals surface area (Å²) in [6, 6.07) is 0. The van der Waals surface area contributed by atoms with Crippen molar-refractivity contribution in [2.45, 2.75) is 224 Å². The van der Waals surface area contributed by atoms with E-state index < -0.39 is 50.8 Å². The maximum atomic E-state index is 12.9. The number of esters is 2. The second kappa shape index (κ2) is 37.5. The number of rotatable bonds is 42. The second-order valence-corrected chi connectivity index (χ2v) is 20.6. The van der Waals surface area contributed by atoms with Crippen molar-refractivity contribution in [2.24, 2.45) is 11.8 Å². The van der Waals surface area contributed by atoms with Gasteiger partial charge in [-0.1, -0.05) is 186 Å². The molecule has 12 nitrogen and oxygen atoms in total. The van der Waals surface area contributed by atoms with Crippen LogP contribution in [0.5, 0.6) is 0 Å². The smallest absolute Gasteiger partial charge is 0.310 e. The van der Waals surface area contributed by atoms with E-state index in [1.54, 1.807) is 24.3 Å². The lowest BCUT2D eigenvalue weighted by molar-refractivity contribution is -0.870. The Morgan fingerprint density at radius 3 is 1.73 bits per heavy atom. The molecule has 1 rings (SSSR count). The summed E-state index contributed by atoms with van der Waals surface area (Å²) in [7, 11) is 0.979. The van der Waals surface area contributed by atoms with Crippen LogP contribution in [-0.2, 0) is 32.7 Å². The number of phosphoric ester groups is 1. The van der Waals surface area contributed by atoms with Gasteiger partial charge >= 0.3 is 11.9 Å². The van der Waals surface area contributed by atoms with Crippen LogP contribution in [0, 0.1) is 11.8 Å². The number of hydrogen-bond donors (Lipinski definition) is 3. The number of carbonyl (C=O) groups is 2. The highest BCUT2D eigenvalue weighted by Crippen LogP contribution is 2.39. The topological polar surface area (TPSA) is 172 Å². The van der Waals surface area contributed by atoms with Crippen molar-refractivity contribution in [1.29, 1.82) is 0 Å². The number of ether oxygens (including phenoxy) is 2. The SMILES string of the molecule is CCCCCCCCCCCCCCCCCCCCCCCC(=O)OC[C@H](COP(=O)([O-])OCC[N+](C)(C)C)OC(=O)C/C=C\C[C@H]1[C@@H](/C=C/[C@H](O)CCCCC)[C@H](O)C[C@@H]1O. The molecule has 1 fully saturated rings. The fourth-order valence-corrected chi connectivity index (χ4v) is 8.77. The molecule has 1 aliphatic carbocycles. The molecule has 370 valence electrons. The van der Waals surface area contributed by atoms with E-state index in [1.165, 1.54) is 109 Å². The largest absolute Gasteiger partial charge is 0.756 e. The van der Waals surface area contributed by atoms with Gasteiger partial charge in [-0.25, -0.2) is 0 Å². The standard InChI is InChI=1S/C50H94NO11P/c1-6-8-10-11-12-13-14-15-16-17-18-19-20-21-22-23-24-25-26-27-29-34-49(55)59-41-44(42-61-63(57,58)60-39-38-51(3,4)5)62-50(56)35-31-30-33-45-46(48(54)40-47(45)53)37-36-43(52)32-28-9-7-2/h30-31,36-37,43-48,52-54H,6-29,32-35,38-42H2,1-5H3/b31-30-,37-36+/t43-,44-,45+,46-,47+,48-/m1/s1. The first-order valence-electron chi connectivity index (χ1n) is 25.3. The van der Waals surface area contributed by atoms with Crippen LogP contribution >= 0.6 is 7.82 Å². The van der Waals surface area contributed by atoms with Gasteiger partial charge in [-0.3, -0.25) is 14.2 Å². The van der Waals surface area contributed by atoms with Gasteiger partial charge in [0.1, 0.15) is 19.8 Å². The molecule has 0 aromatic rings. The summed E-state index contributed by atoms with van der Waals surface area (Å²) < 4.78 is 33.9. The summed E-state index contributed by atoms with van der Waals surface area (Å²) in [6.45, 7) is 3.77. The van der Waals surface area contributed by atoms with Crippen LogP contribution in [0.15, 0.2) is 24.3 Å². The van der Waals surface area contributed by atoms with Gasteiger partial charge < -0.3 is 43.2 Å². The molecule has 13 heteroatoms. The second-order valence-electron chi connectivity index (χ2n) is 19.2. The van der Waals surface area contributed by atoms with Gasteiger partial charge in [0.05, 0.1) is 52.5 Å². The molecule has 0 saturated heterocycles. The molecule has 0 spiro atoms. The quantitative estimate of drug-likeness (QED) is 0.0175. The molecule has 7 atom stereocenters. The van der Waals surface area contributed by atoms with Gasteiger partial charge in [0.2, 0.25) is 0 Å². The number of aliphatic hydroxyl groups excluding tert-OH is 3. The molecule has 0 amide bonds. The van der Waals surface area contributed by atoms with Crippen molar-refractivity contribution < 1.29 is 57.4 Å². The molecular weight excluding hydrogens is 822 g/mol. The van der Waals surface area contributed by atoms with Gasteiger partial charge in [0.15, 0.2) is 6.10 Å². The predicted molar refractivity (Wildman–Crippen MR) is 252 cm³/mol. The normalized spacial score (nSPS) is 20.1. The summed E-state index contributed by atoms with van der Waals surface area (Å²) in [4.78, 5) is 37.9. The zero-order chi connectivity index (χ0) is 46.6. The minimum atomic E-state index is -4.72. The number of aliphatic hydroxyl groups is 3. The van der Waals surface area contributed by atoms with Crippen molar-refractivity contribution >= 4 is 19.8 Å². The molecule has 0 aliphatic heterocycles. The van der Waals surface area contributed by atoms with Gasteiger partial charge in [0, 0.05) is 18.8 Å². The van der Waals surface area contributed by atoms with E-state index >= 15 is 0 Å². The zero-order valence-electron chi connectivity index (χ0n) is 40.6. The molecule has 3 N–H and O–H groups in total. The minimum Gasteiger partial charge on any atom is -0.756 e. The highest BCUT2D eigenvalue weighted by atomic mass is 31.2. The maximum absolute atomic E-state index is 12.9. The number of carbonyl (C=O) groups excluding carboxylic acids is 2. The third-order valence-electron chi connectivity index (χ3n) is 12.1. The first-order valence-corrected chi connectivity index (χ1v) is 26.8. The minimum absolute atomic E-state index is 0.0864. The van der Waals surface area contributed by atoms with E-state index in [9.17, 15) is 34.4 Å². The Hall–Kier alpha value is -1.63. The summed E-state index contributed by atoms with van der Waals surface area (Å²) >= 11 is 0. The van der Waals surface area contributed by atoms with Crippen LogP contribution < -0.4 is 4.89 Å². The van der Waals surface area contributed by atoms with Crippen LogP contribution in [0.1, 0.15) is 200 Å². The lowest BCUT2D eigenvalue weighted by Crippen LogP contribution is -2.37. The highest BCUT2D eigenvalue weighted by molar-refractivity contribution is 7.45. The van der Waals surface area contributed by atoms with Gasteiger partial charge in [0.25, 0.3) is 7.82 Å². The van der Waals surface area contributed by atoms with E-state index in [2.05, 4.69) is 13.8 Å². The van der Waals surface area contributed by atoms with Crippen LogP contribution in [-0.4, -0.2) is 104 Å². The number of likely N-dealkylation sites (N-methyl/N-ethyl adjacent to an activating group) is 1. The van der Waals surface area contributed by atoms with E-state index in [-0.39, 0.29) is 44.3 Å². The third-order valence-corrected chi connectivity index (χ3v) is 13.0. The molecule has 0 radical (unpaired) electrons. The summed E-state index contributed by atoms with van der Waals surface area (Å²) in [5.74, 6) is -1.76. The van der Waals surface area contributed by atoms with Crippen molar-refractivity contribution in [3.05, 3.63) is 24.3 Å². The van der Waals surface area contributed by atoms with E-state index in [4.69, 9.17) is 18.5 Å². The average molecular weight is 916 g/mol. The van der Waals surface area contributed by atoms with Crippen LogP contribution in [0.2, 0.25) is 0 Å². The Bertz CT molecular complexity index is 1240. The first kappa shape index (κ1) is 59.4. The average Bonchev–Trinajstić information content (AvgIpc) is 3.50. The molecule has 1 aliphatic rings. The summed E-state index contributed by atoms with van der Waals surface area (Å²) in [6.07, 6.45) is 34.8. The number of hydrogen-bond acceptors (Lipinski definition) is 11. The summed E-state index contributed by atoms with van der Waals surface area (Å²) in [5, 5.41) is 31.5. The predicted octanol–water partition coefficient (Wildman–Crippen LogP) is 10.4. The van der Waals surface area contributed by atoms with E-state index in [0.717, 1.165) is 38.5 Å². The maximum Gasteiger partial charge on any atom is 0.310 e. The summed E-state index contributed by atoms with van der Waals surface area (Å²) in [5.41, 5.74) is 0. The van der Waals surface area contributed by atoms with Gasteiger partial charge in [-0.2, -0.15) is 0 Å². The van der Waals surface area contributed by atoms with Crippen LogP contribution in [0.25, 0.3) is 0 Å². The van der Waals surface area contributed by atoms with E-state index in [0.29, 0.717) is 30.3 Å². The highest BCUT2D eigenvalue weighted by Gasteiger charge is 2.39. The Kier molecular flexibility index (Phi) is 35.3. The Balaban J connectivity index is 2.41. The lowest BCUT2D eigenvalue weighted by atomic mass is 9.89. The molecule has 0 bridgehead atoms.